The van der Waals surface area contributed by atoms with Crippen molar-refractivity contribution in [3.8, 4) is 0 Å². The predicted molar refractivity (Wildman–Crippen MR) is 144 cm³/mol. The van der Waals surface area contributed by atoms with Crippen LogP contribution in [-0.4, -0.2) is 80.5 Å². The number of thioether (sulfide) groups is 2. The SMILES string of the molecule is CCCSC(=O)Cl.CCCSC(=O)OCCN1CC(C)=C2N(Cc3ccc(Cl)nc3)CCN2C1. The van der Waals surface area contributed by atoms with Crippen molar-refractivity contribution in [2.75, 3.05) is 51.0 Å². The Morgan fingerprint density at radius 2 is 1.88 bits per heavy atom. The maximum absolute atomic E-state index is 11.6. The molecule has 0 aromatic carbocycles. The van der Waals surface area contributed by atoms with Crippen LogP contribution in [0.1, 0.15) is 39.2 Å². The maximum Gasteiger partial charge on any atom is 0.367 e. The summed E-state index contributed by atoms with van der Waals surface area (Å²) in [5, 5.41) is 0.366. The zero-order valence-corrected chi connectivity index (χ0v) is 23.2. The van der Waals surface area contributed by atoms with Gasteiger partial charge in [0, 0.05) is 50.4 Å². The van der Waals surface area contributed by atoms with Crippen LogP contribution in [0.4, 0.5) is 9.59 Å². The summed E-state index contributed by atoms with van der Waals surface area (Å²) in [6.07, 6.45) is 3.83. The minimum atomic E-state index is -0.304. The highest BCUT2D eigenvalue weighted by Crippen LogP contribution is 2.28. The lowest BCUT2D eigenvalue weighted by molar-refractivity contribution is 0.113. The van der Waals surface area contributed by atoms with Gasteiger partial charge in [0.25, 0.3) is 4.57 Å². The van der Waals surface area contributed by atoms with E-state index in [2.05, 4.69) is 33.5 Å². The zero-order chi connectivity index (χ0) is 24.9. The minimum Gasteiger partial charge on any atom is -0.456 e. The Morgan fingerprint density at radius 3 is 2.50 bits per heavy atom. The lowest BCUT2D eigenvalue weighted by Crippen LogP contribution is -2.44. The quantitative estimate of drug-likeness (QED) is 0.206. The first-order chi connectivity index (χ1) is 16.3. The van der Waals surface area contributed by atoms with E-state index in [1.54, 1.807) is 0 Å². The fourth-order valence-electron chi connectivity index (χ4n) is 3.72. The van der Waals surface area contributed by atoms with E-state index in [1.807, 2.05) is 25.3 Å². The van der Waals surface area contributed by atoms with Gasteiger partial charge in [-0.15, -0.1) is 0 Å². The molecule has 0 aliphatic carbocycles. The van der Waals surface area contributed by atoms with Gasteiger partial charge in [-0.1, -0.05) is 43.3 Å². The van der Waals surface area contributed by atoms with Crippen molar-refractivity contribution in [3.63, 3.8) is 0 Å². The standard InChI is InChI=1S/C19H27ClN4O2S.C4H7ClOS/c1-3-10-27-19(25)26-9-8-22-12-15(2)18-23(6-7-24(18)14-22)13-16-4-5-17(20)21-11-16;1-2-3-7-4(5)6/h4-5,11H,3,6-10,12-14H2,1-2H3;2-3H2,1H3. The summed E-state index contributed by atoms with van der Waals surface area (Å²) >= 11 is 13.3. The summed E-state index contributed by atoms with van der Waals surface area (Å²) in [7, 11) is 0. The van der Waals surface area contributed by atoms with E-state index >= 15 is 0 Å². The lowest BCUT2D eigenvalue weighted by atomic mass is 10.2. The lowest BCUT2D eigenvalue weighted by Gasteiger charge is -2.37. The van der Waals surface area contributed by atoms with Crippen LogP contribution < -0.4 is 0 Å². The molecule has 2 aliphatic rings. The number of fused-ring (bicyclic) bond motifs is 1. The smallest absolute Gasteiger partial charge is 0.367 e. The van der Waals surface area contributed by atoms with Crippen LogP contribution in [0, 0.1) is 0 Å². The Bertz CT molecular complexity index is 827. The summed E-state index contributed by atoms with van der Waals surface area (Å²) in [6, 6.07) is 3.88. The van der Waals surface area contributed by atoms with Gasteiger partial charge in [-0.3, -0.25) is 9.69 Å². The van der Waals surface area contributed by atoms with Crippen LogP contribution in [0.15, 0.2) is 29.7 Å². The first-order valence-corrected chi connectivity index (χ1v) is 14.2. The molecular weight excluding hydrogens is 515 g/mol. The Morgan fingerprint density at radius 1 is 1.15 bits per heavy atom. The Kier molecular flexibility index (Phi) is 13.5. The van der Waals surface area contributed by atoms with E-state index in [1.165, 1.54) is 28.7 Å². The molecule has 34 heavy (non-hydrogen) atoms. The molecule has 1 aromatic heterocycles. The topological polar surface area (TPSA) is 66.0 Å². The molecule has 0 atom stereocenters. The third-order valence-electron chi connectivity index (χ3n) is 5.09. The molecule has 0 unspecified atom stereocenters. The number of halogens is 2. The second-order valence-electron chi connectivity index (χ2n) is 8.01. The van der Waals surface area contributed by atoms with Crippen molar-refractivity contribution in [2.24, 2.45) is 0 Å². The van der Waals surface area contributed by atoms with Crippen molar-refractivity contribution in [3.05, 3.63) is 40.4 Å². The molecule has 3 rings (SSSR count). The number of carbonyl (C=O) groups is 2. The summed E-state index contributed by atoms with van der Waals surface area (Å²) < 4.78 is 5.02. The second-order valence-corrected chi connectivity index (χ2v) is 11.1. The number of pyridine rings is 1. The van der Waals surface area contributed by atoms with Gasteiger partial charge in [-0.25, -0.2) is 9.78 Å². The molecule has 1 saturated heterocycles. The van der Waals surface area contributed by atoms with Gasteiger partial charge in [0.2, 0.25) is 0 Å². The van der Waals surface area contributed by atoms with Crippen molar-refractivity contribution in [1.29, 1.82) is 0 Å². The number of rotatable bonds is 9. The van der Waals surface area contributed by atoms with Gasteiger partial charge in [0.15, 0.2) is 0 Å². The number of nitrogens with zero attached hydrogens (tertiary/aromatic N) is 4. The Hall–Kier alpha value is -1.13. The van der Waals surface area contributed by atoms with E-state index in [0.717, 1.165) is 75.5 Å². The van der Waals surface area contributed by atoms with E-state index in [9.17, 15) is 9.59 Å². The van der Waals surface area contributed by atoms with E-state index in [-0.39, 0.29) is 9.88 Å². The number of aromatic nitrogens is 1. The van der Waals surface area contributed by atoms with Gasteiger partial charge in [0.1, 0.15) is 17.6 Å². The molecule has 0 amide bonds. The summed E-state index contributed by atoms with van der Waals surface area (Å²) in [5.41, 5.74) is 2.52. The second kappa shape index (κ2) is 15.8. The van der Waals surface area contributed by atoms with Crippen LogP contribution in [0.25, 0.3) is 0 Å². The van der Waals surface area contributed by atoms with E-state index in [0.29, 0.717) is 11.8 Å². The van der Waals surface area contributed by atoms with Crippen molar-refractivity contribution >= 4 is 56.6 Å². The minimum absolute atomic E-state index is 0.161. The molecule has 1 aromatic rings. The molecule has 11 heteroatoms. The average Bonchev–Trinajstić information content (AvgIpc) is 3.21. The first kappa shape index (κ1) is 29.1. The van der Waals surface area contributed by atoms with Gasteiger partial charge in [0.05, 0.1) is 6.67 Å². The predicted octanol–water partition coefficient (Wildman–Crippen LogP) is 6.13. The Labute approximate surface area is 221 Å². The van der Waals surface area contributed by atoms with Crippen molar-refractivity contribution in [1.82, 2.24) is 19.7 Å². The van der Waals surface area contributed by atoms with E-state index < -0.39 is 0 Å². The fraction of sp³-hybridized carbons (Fsp3) is 0.609. The van der Waals surface area contributed by atoms with Crippen LogP contribution in [0.3, 0.4) is 0 Å². The first-order valence-electron chi connectivity index (χ1n) is 11.5. The fourth-order valence-corrected chi connectivity index (χ4v) is 4.97. The monoisotopic (exact) mass is 548 g/mol. The normalized spacial score (nSPS) is 15.7. The molecule has 190 valence electrons. The highest BCUT2D eigenvalue weighted by atomic mass is 35.5. The van der Waals surface area contributed by atoms with Gasteiger partial charge in [-0.05, 0) is 60.3 Å². The molecular formula is C23H34Cl2N4O3S2. The Balaban J connectivity index is 0.000000509. The van der Waals surface area contributed by atoms with Crippen LogP contribution in [0.2, 0.25) is 5.15 Å². The molecule has 3 heterocycles. The highest BCUT2D eigenvalue weighted by molar-refractivity contribution is 8.16. The van der Waals surface area contributed by atoms with Crippen LogP contribution in [-0.2, 0) is 11.3 Å². The molecule has 7 nitrogen and oxygen atoms in total. The number of carbonyl (C=O) groups excluding carboxylic acids is 2. The van der Waals surface area contributed by atoms with Crippen LogP contribution >= 0.6 is 46.7 Å². The van der Waals surface area contributed by atoms with Crippen LogP contribution in [0.5, 0.6) is 0 Å². The summed E-state index contributed by atoms with van der Waals surface area (Å²) in [5.74, 6) is 2.99. The molecule has 0 radical (unpaired) electrons. The van der Waals surface area contributed by atoms with Crippen molar-refractivity contribution in [2.45, 2.75) is 40.2 Å². The molecule has 0 saturated carbocycles. The molecule has 0 N–H and O–H groups in total. The molecule has 0 spiro atoms. The van der Waals surface area contributed by atoms with Gasteiger partial charge in [-0.2, -0.15) is 0 Å². The highest BCUT2D eigenvalue weighted by Gasteiger charge is 2.31. The van der Waals surface area contributed by atoms with Gasteiger partial charge >= 0.3 is 5.30 Å². The maximum atomic E-state index is 11.6. The number of hydrogen-bond donors (Lipinski definition) is 0. The largest absolute Gasteiger partial charge is 0.456 e. The molecule has 0 bridgehead atoms. The average molecular weight is 550 g/mol. The molecule has 2 aliphatic heterocycles. The third-order valence-corrected chi connectivity index (χ3v) is 7.44. The zero-order valence-electron chi connectivity index (χ0n) is 20.1. The van der Waals surface area contributed by atoms with E-state index in [4.69, 9.17) is 27.9 Å². The third kappa shape index (κ3) is 10.2. The number of ether oxygens (including phenoxy) is 1. The summed E-state index contributed by atoms with van der Waals surface area (Å²) in [6.45, 7) is 12.1. The summed E-state index contributed by atoms with van der Waals surface area (Å²) in [4.78, 5) is 32.9. The molecule has 1 fully saturated rings. The van der Waals surface area contributed by atoms with Crippen molar-refractivity contribution < 1.29 is 14.3 Å². The van der Waals surface area contributed by atoms with Gasteiger partial charge < -0.3 is 14.5 Å². The number of hydrogen-bond acceptors (Lipinski definition) is 9.